The van der Waals surface area contributed by atoms with Gasteiger partial charge in [-0.3, -0.25) is 0 Å². The minimum atomic E-state index is -0.524. The van der Waals surface area contributed by atoms with Crippen molar-refractivity contribution in [3.8, 4) is 0 Å². The van der Waals surface area contributed by atoms with E-state index >= 15 is 0 Å². The molecule has 3 heteroatoms. The van der Waals surface area contributed by atoms with Gasteiger partial charge in [0, 0.05) is 0 Å². The molecule has 0 aromatic heterocycles. The minimum absolute atomic E-state index is 0. The second-order valence-corrected chi connectivity index (χ2v) is 6.44. The number of benzene rings is 2. The summed E-state index contributed by atoms with van der Waals surface area (Å²) in [5.74, 6) is 4.06. The zero-order valence-electron chi connectivity index (χ0n) is 15.5. The van der Waals surface area contributed by atoms with E-state index < -0.39 is 12.1 Å². The van der Waals surface area contributed by atoms with Crippen molar-refractivity contribution in [2.45, 2.75) is 32.9 Å². The predicted molar refractivity (Wildman–Crippen MR) is 107 cm³/mol. The second-order valence-electron chi connectivity index (χ2n) is 6.44. The summed E-state index contributed by atoms with van der Waals surface area (Å²) in [5.41, 5.74) is 17.9. The van der Waals surface area contributed by atoms with Gasteiger partial charge in [0.15, 0.2) is 0 Å². The molecule has 136 valence electrons. The zero-order valence-corrected chi connectivity index (χ0v) is 17.3. The molecular weight excluding hydrogens is 405 g/mol. The van der Waals surface area contributed by atoms with E-state index in [-0.39, 0.29) is 19.5 Å². The van der Waals surface area contributed by atoms with Crippen molar-refractivity contribution in [2.24, 2.45) is 0 Å². The summed E-state index contributed by atoms with van der Waals surface area (Å²) >= 11 is 0. The van der Waals surface area contributed by atoms with Gasteiger partial charge < -0.3 is 11.5 Å². The van der Waals surface area contributed by atoms with E-state index in [1.54, 1.807) is 0 Å². The van der Waals surface area contributed by atoms with E-state index in [2.05, 4.69) is 40.0 Å². The first-order chi connectivity index (χ1) is 12.0. The Morgan fingerprint density at radius 3 is 1.08 bits per heavy atom. The molecule has 1 fully saturated rings. The molecule has 0 saturated heterocycles. The molecule has 0 spiro atoms. The van der Waals surface area contributed by atoms with Crippen LogP contribution in [0.15, 0.2) is 60.7 Å². The molecule has 2 N–H and O–H groups in total. The van der Waals surface area contributed by atoms with Gasteiger partial charge >= 0.3 is 19.5 Å². The molecule has 6 radical (unpaired) electrons. The molecule has 2 nitrogen and oxygen atoms in total. The Bertz CT molecular complexity index is 534. The third kappa shape index (κ3) is 7.31. The van der Waals surface area contributed by atoms with Crippen LogP contribution < -0.4 is 0 Å². The Kier molecular flexibility index (Phi) is 10.3. The molecule has 1 aliphatic rings. The van der Waals surface area contributed by atoms with Gasteiger partial charge in [0.2, 0.25) is 0 Å². The van der Waals surface area contributed by atoms with Crippen LogP contribution in [0.2, 0.25) is 0 Å². The fourth-order valence-electron chi connectivity index (χ4n) is 2.91. The number of nitrogens with one attached hydrogen (secondary N) is 2. The van der Waals surface area contributed by atoms with Crippen molar-refractivity contribution >= 4 is 0 Å². The van der Waals surface area contributed by atoms with Crippen LogP contribution in [0.3, 0.4) is 0 Å². The van der Waals surface area contributed by atoms with Gasteiger partial charge in [0.1, 0.15) is 0 Å². The molecule has 2 aromatic carbocycles. The first-order valence-corrected chi connectivity index (χ1v) is 8.54. The summed E-state index contributed by atoms with van der Waals surface area (Å²) < 4.78 is 0. The van der Waals surface area contributed by atoms with Gasteiger partial charge in [0.05, 0.1) is 0 Å². The maximum absolute atomic E-state index is 8.07. The van der Waals surface area contributed by atoms with Gasteiger partial charge in [-0.05, 0) is 37.0 Å². The van der Waals surface area contributed by atoms with Crippen LogP contribution in [0.4, 0.5) is 0 Å². The average molecular weight is 432 g/mol. The smallest absolute Gasteiger partial charge is 0.672 e. The molecule has 0 aliphatic heterocycles. The molecule has 2 atom stereocenters. The molecular formula is C23H26N2Ru. The van der Waals surface area contributed by atoms with Crippen molar-refractivity contribution in [3.05, 3.63) is 120 Å². The molecule has 0 unspecified atom stereocenters. The first-order valence-electron chi connectivity index (χ1n) is 8.54. The number of hydrogen-bond donors (Lipinski definition) is 0. The molecule has 2 aromatic rings. The molecule has 1 aliphatic carbocycles. The van der Waals surface area contributed by atoms with E-state index in [0.29, 0.717) is 0 Å². The molecule has 0 heterocycles. The Morgan fingerprint density at radius 2 is 0.808 bits per heavy atom. The van der Waals surface area contributed by atoms with Crippen LogP contribution in [0.25, 0.3) is 11.5 Å². The van der Waals surface area contributed by atoms with Gasteiger partial charge in [-0.15, -0.1) is 12.1 Å². The molecule has 26 heavy (non-hydrogen) atoms. The maximum atomic E-state index is 8.07. The van der Waals surface area contributed by atoms with Crippen molar-refractivity contribution in [3.63, 3.8) is 0 Å². The third-order valence-corrected chi connectivity index (χ3v) is 4.02. The van der Waals surface area contributed by atoms with E-state index in [1.807, 2.05) is 60.7 Å². The summed E-state index contributed by atoms with van der Waals surface area (Å²) in [7, 11) is 0. The summed E-state index contributed by atoms with van der Waals surface area (Å²) in [6, 6.07) is 18.1. The normalized spacial score (nSPS) is 18.2. The Labute approximate surface area is 172 Å². The molecule has 3 rings (SSSR count). The predicted octanol–water partition coefficient (Wildman–Crippen LogP) is 6.97. The Hall–Kier alpha value is -1.02. The van der Waals surface area contributed by atoms with Crippen LogP contribution >= 0.6 is 0 Å². The molecule has 0 bridgehead atoms. The topological polar surface area (TPSA) is 47.6 Å². The van der Waals surface area contributed by atoms with Crippen LogP contribution in [0.5, 0.6) is 0 Å². The average Bonchev–Trinajstić information content (AvgIpc) is 2.61. The van der Waals surface area contributed by atoms with E-state index in [4.69, 9.17) is 11.5 Å². The van der Waals surface area contributed by atoms with Gasteiger partial charge in [-0.25, -0.2) is 0 Å². The van der Waals surface area contributed by atoms with Crippen LogP contribution in [0, 0.1) is 37.0 Å². The van der Waals surface area contributed by atoms with E-state index in [9.17, 15) is 0 Å². The zero-order chi connectivity index (χ0) is 18.2. The van der Waals surface area contributed by atoms with E-state index in [1.165, 1.54) is 17.8 Å². The number of rotatable bonds is 3. The largest absolute Gasteiger partial charge is 2.00 e. The molecule has 1 saturated carbocycles. The Morgan fingerprint density at radius 1 is 0.538 bits per heavy atom. The van der Waals surface area contributed by atoms with Crippen LogP contribution in [-0.2, 0) is 19.5 Å². The minimum Gasteiger partial charge on any atom is -0.672 e. The van der Waals surface area contributed by atoms with Crippen molar-refractivity contribution < 1.29 is 19.5 Å². The monoisotopic (exact) mass is 432 g/mol. The van der Waals surface area contributed by atoms with Gasteiger partial charge in [0.25, 0.3) is 0 Å². The van der Waals surface area contributed by atoms with Gasteiger partial charge in [-0.2, -0.15) is 0 Å². The van der Waals surface area contributed by atoms with Crippen LogP contribution in [-0.4, -0.2) is 0 Å². The Balaban J connectivity index is 0.000000290. The third-order valence-electron chi connectivity index (χ3n) is 4.02. The maximum Gasteiger partial charge on any atom is 2.00 e. The summed E-state index contributed by atoms with van der Waals surface area (Å²) in [6.07, 6.45) is 6.56. The van der Waals surface area contributed by atoms with Crippen molar-refractivity contribution in [1.29, 1.82) is 0 Å². The summed E-state index contributed by atoms with van der Waals surface area (Å²) in [4.78, 5) is 0. The standard InChI is InChI=1S/C14H14N2.C9H12.Ru/c15-13(11-7-3-1-4-8-11)14(16)12-9-5-2-6-10-12;1-7-4-8(2)6-9(3)5-7;/h1-10,13-16H;4-6H,1-3H3;/q-2;;+2/t13-,14-;;/m0../s1. The summed E-state index contributed by atoms with van der Waals surface area (Å²) in [5, 5.41) is 0. The summed E-state index contributed by atoms with van der Waals surface area (Å²) in [6.45, 7) is 6.38. The fraction of sp³-hybridized carbons (Fsp3) is 0.217. The first kappa shape index (κ1) is 23.0. The van der Waals surface area contributed by atoms with Crippen molar-refractivity contribution in [2.75, 3.05) is 0 Å². The van der Waals surface area contributed by atoms with Crippen molar-refractivity contribution in [1.82, 2.24) is 0 Å². The fourth-order valence-corrected chi connectivity index (χ4v) is 2.91. The second kappa shape index (κ2) is 11.6. The number of hydrogen-bond acceptors (Lipinski definition) is 0. The van der Waals surface area contributed by atoms with Crippen LogP contribution in [0.1, 0.15) is 44.0 Å². The molecule has 0 amide bonds. The van der Waals surface area contributed by atoms with Gasteiger partial charge in [-0.1, -0.05) is 92.6 Å². The van der Waals surface area contributed by atoms with E-state index in [0.717, 1.165) is 11.1 Å². The SMILES string of the molecule is C[C]1[CH][C](C)[CH][C](C)[CH]1.[NH-][C@@H](c1ccccc1)[C@@H]([NH-])c1ccccc1.[Ru+2]. The quantitative estimate of drug-likeness (QED) is 0.471.